The van der Waals surface area contributed by atoms with Gasteiger partial charge in [-0.25, -0.2) is 0 Å². The van der Waals surface area contributed by atoms with Gasteiger partial charge in [0.05, 0.1) is 0 Å². The number of rotatable bonds is 3. The fourth-order valence-corrected chi connectivity index (χ4v) is 1.73. The normalized spacial score (nSPS) is 11.1. The largest absolute Gasteiger partial charge is 0.312 e. The van der Waals surface area contributed by atoms with Gasteiger partial charge in [0.2, 0.25) is 0 Å². The lowest BCUT2D eigenvalue weighted by Gasteiger charge is -2.24. The summed E-state index contributed by atoms with van der Waals surface area (Å²) in [5, 5.41) is 0. The van der Waals surface area contributed by atoms with E-state index in [2.05, 4.69) is 0 Å². The summed E-state index contributed by atoms with van der Waals surface area (Å²) >= 11 is 0. The Hall–Kier alpha value is -1.93. The molecule has 0 atom stereocenters. The molecule has 0 amide bonds. The van der Waals surface area contributed by atoms with Gasteiger partial charge in [-0.2, -0.15) is 0 Å². The van der Waals surface area contributed by atoms with Gasteiger partial charge in [0.25, 0.3) is 0 Å². The van der Waals surface area contributed by atoms with E-state index in [4.69, 9.17) is 5.73 Å². The van der Waals surface area contributed by atoms with Crippen molar-refractivity contribution in [1.82, 2.24) is 0 Å². The predicted octanol–water partition coefficient (Wildman–Crippen LogP) is 2.09. The number of hydrogen-bond acceptors (Lipinski definition) is 2. The maximum absolute atomic E-state index is 11.3. The average molecular weight is 211 g/mol. The Morgan fingerprint density at radius 3 is 1.50 bits per heavy atom. The summed E-state index contributed by atoms with van der Waals surface area (Å²) in [6.07, 6.45) is 0.789. The quantitative estimate of drug-likeness (QED) is 0.790. The summed E-state index contributed by atoms with van der Waals surface area (Å²) in [5.41, 5.74) is 6.72. The number of carbonyl (C=O) groups excluding carboxylic acids is 1. The summed E-state index contributed by atoms with van der Waals surface area (Å²) in [4.78, 5) is 11.3. The molecule has 0 spiro atoms. The third-order valence-electron chi connectivity index (χ3n) is 2.69. The van der Waals surface area contributed by atoms with E-state index >= 15 is 0 Å². The van der Waals surface area contributed by atoms with Crippen LogP contribution in [0.5, 0.6) is 0 Å². The SMILES string of the molecule is NC(C=O)(c1ccccc1)c1ccccc1. The molecule has 0 aliphatic rings. The van der Waals surface area contributed by atoms with Crippen LogP contribution >= 0.6 is 0 Å². The fourth-order valence-electron chi connectivity index (χ4n) is 1.73. The van der Waals surface area contributed by atoms with Crippen molar-refractivity contribution in [1.29, 1.82) is 0 Å². The Labute approximate surface area is 94.7 Å². The van der Waals surface area contributed by atoms with Crippen molar-refractivity contribution in [2.75, 3.05) is 0 Å². The van der Waals surface area contributed by atoms with Crippen LogP contribution in [0.3, 0.4) is 0 Å². The van der Waals surface area contributed by atoms with Crippen LogP contribution in [-0.4, -0.2) is 6.29 Å². The van der Waals surface area contributed by atoms with Crippen molar-refractivity contribution in [3.05, 3.63) is 71.8 Å². The van der Waals surface area contributed by atoms with Gasteiger partial charge >= 0.3 is 0 Å². The Bertz CT molecular complexity index is 425. The number of aldehydes is 1. The van der Waals surface area contributed by atoms with Crippen LogP contribution in [0.15, 0.2) is 60.7 Å². The zero-order valence-corrected chi connectivity index (χ0v) is 8.84. The first-order chi connectivity index (χ1) is 7.77. The van der Waals surface area contributed by atoms with Crippen LogP contribution < -0.4 is 5.73 Å². The third kappa shape index (κ3) is 1.75. The second kappa shape index (κ2) is 4.29. The number of benzene rings is 2. The highest BCUT2D eigenvalue weighted by Gasteiger charge is 2.28. The number of nitrogens with two attached hydrogens (primary N) is 1. The van der Waals surface area contributed by atoms with Gasteiger partial charge in [0.15, 0.2) is 0 Å². The maximum Gasteiger partial charge on any atom is 0.148 e. The summed E-state index contributed by atoms with van der Waals surface area (Å²) in [5.74, 6) is 0. The van der Waals surface area contributed by atoms with E-state index in [9.17, 15) is 4.79 Å². The van der Waals surface area contributed by atoms with E-state index in [-0.39, 0.29) is 0 Å². The average Bonchev–Trinajstić information content (AvgIpc) is 2.40. The lowest BCUT2D eigenvalue weighted by molar-refractivity contribution is -0.111. The van der Waals surface area contributed by atoms with E-state index in [1.807, 2.05) is 60.7 Å². The summed E-state index contributed by atoms with van der Waals surface area (Å²) in [6, 6.07) is 18.8. The molecule has 2 rings (SSSR count). The van der Waals surface area contributed by atoms with Gasteiger partial charge < -0.3 is 10.5 Å². The Morgan fingerprint density at radius 2 is 1.19 bits per heavy atom. The smallest absolute Gasteiger partial charge is 0.148 e. The van der Waals surface area contributed by atoms with Crippen LogP contribution in [0.25, 0.3) is 0 Å². The van der Waals surface area contributed by atoms with Crippen LogP contribution in [0.4, 0.5) is 0 Å². The molecule has 16 heavy (non-hydrogen) atoms. The summed E-state index contributed by atoms with van der Waals surface area (Å²) < 4.78 is 0. The zero-order valence-electron chi connectivity index (χ0n) is 8.84. The predicted molar refractivity (Wildman–Crippen MR) is 63.9 cm³/mol. The van der Waals surface area contributed by atoms with Crippen LogP contribution in [0.1, 0.15) is 11.1 Å². The highest BCUT2D eigenvalue weighted by Crippen LogP contribution is 2.24. The molecule has 0 unspecified atom stereocenters. The summed E-state index contributed by atoms with van der Waals surface area (Å²) in [7, 11) is 0. The number of hydrogen-bond donors (Lipinski definition) is 1. The lowest BCUT2D eigenvalue weighted by atomic mass is 9.85. The minimum Gasteiger partial charge on any atom is -0.312 e. The Balaban J connectivity index is 2.53. The first kappa shape index (κ1) is 10.6. The molecule has 0 fully saturated rings. The first-order valence-electron chi connectivity index (χ1n) is 5.13. The monoisotopic (exact) mass is 211 g/mol. The molecule has 80 valence electrons. The van der Waals surface area contributed by atoms with E-state index in [0.717, 1.165) is 17.4 Å². The molecule has 0 bridgehead atoms. The topological polar surface area (TPSA) is 43.1 Å². The van der Waals surface area contributed by atoms with Gasteiger partial charge in [0.1, 0.15) is 11.8 Å². The zero-order chi connectivity index (χ0) is 11.4. The third-order valence-corrected chi connectivity index (χ3v) is 2.69. The fraction of sp³-hybridized carbons (Fsp3) is 0.0714. The summed E-state index contributed by atoms with van der Waals surface area (Å²) in [6.45, 7) is 0. The molecular formula is C14H13NO. The van der Waals surface area contributed by atoms with E-state index in [0.29, 0.717) is 0 Å². The van der Waals surface area contributed by atoms with Crippen molar-refractivity contribution >= 4 is 6.29 Å². The molecule has 0 aliphatic carbocycles. The first-order valence-corrected chi connectivity index (χ1v) is 5.13. The van der Waals surface area contributed by atoms with Gasteiger partial charge in [-0.1, -0.05) is 60.7 Å². The van der Waals surface area contributed by atoms with Crippen molar-refractivity contribution in [2.24, 2.45) is 5.73 Å². The molecule has 2 aromatic rings. The Morgan fingerprint density at radius 1 is 0.812 bits per heavy atom. The molecule has 2 heteroatoms. The van der Waals surface area contributed by atoms with Crippen LogP contribution in [0, 0.1) is 0 Å². The van der Waals surface area contributed by atoms with Gasteiger partial charge in [-0.3, -0.25) is 0 Å². The molecule has 0 saturated carbocycles. The lowest BCUT2D eigenvalue weighted by Crippen LogP contribution is -2.39. The van der Waals surface area contributed by atoms with E-state index in [1.165, 1.54) is 0 Å². The minimum absolute atomic E-state index is 0.789. The van der Waals surface area contributed by atoms with E-state index < -0.39 is 5.54 Å². The van der Waals surface area contributed by atoms with Gasteiger partial charge in [0, 0.05) is 0 Å². The molecular weight excluding hydrogens is 198 g/mol. The minimum atomic E-state index is -1.05. The van der Waals surface area contributed by atoms with Crippen LogP contribution in [0.2, 0.25) is 0 Å². The highest BCUT2D eigenvalue weighted by molar-refractivity contribution is 5.73. The van der Waals surface area contributed by atoms with Crippen molar-refractivity contribution in [3.63, 3.8) is 0 Å². The van der Waals surface area contributed by atoms with Crippen molar-refractivity contribution < 1.29 is 4.79 Å². The van der Waals surface area contributed by atoms with Gasteiger partial charge in [-0.15, -0.1) is 0 Å². The standard InChI is InChI=1S/C14H13NO/c15-14(11-16,12-7-3-1-4-8-12)13-9-5-2-6-10-13/h1-11H,15H2. The molecule has 2 nitrogen and oxygen atoms in total. The highest BCUT2D eigenvalue weighted by atomic mass is 16.1. The van der Waals surface area contributed by atoms with Gasteiger partial charge in [-0.05, 0) is 11.1 Å². The second-order valence-corrected chi connectivity index (χ2v) is 3.72. The van der Waals surface area contributed by atoms with Crippen molar-refractivity contribution in [3.8, 4) is 0 Å². The van der Waals surface area contributed by atoms with Crippen molar-refractivity contribution in [2.45, 2.75) is 5.54 Å². The molecule has 2 N–H and O–H groups in total. The molecule has 0 heterocycles. The Kier molecular flexibility index (Phi) is 2.84. The molecule has 0 aliphatic heterocycles. The van der Waals surface area contributed by atoms with Crippen LogP contribution in [-0.2, 0) is 10.3 Å². The maximum atomic E-state index is 11.3. The van der Waals surface area contributed by atoms with E-state index in [1.54, 1.807) is 0 Å². The molecule has 0 saturated heterocycles. The molecule has 0 radical (unpaired) electrons. The molecule has 0 aromatic heterocycles. The second-order valence-electron chi connectivity index (χ2n) is 3.72. The number of carbonyl (C=O) groups is 1. The molecule has 2 aromatic carbocycles.